The van der Waals surface area contributed by atoms with Crippen LogP contribution in [0.4, 0.5) is 0 Å². The van der Waals surface area contributed by atoms with Crippen LogP contribution in [0.5, 0.6) is 0 Å². The quantitative estimate of drug-likeness (QED) is 0.566. The van der Waals surface area contributed by atoms with Gasteiger partial charge in [-0.25, -0.2) is 0 Å². The first-order valence-electron chi connectivity index (χ1n) is 5.58. The van der Waals surface area contributed by atoms with Crippen molar-refractivity contribution < 1.29 is 4.79 Å². The van der Waals surface area contributed by atoms with Gasteiger partial charge in [-0.2, -0.15) is 5.26 Å². The second-order valence-corrected chi connectivity index (χ2v) is 5.28. The van der Waals surface area contributed by atoms with E-state index in [-0.39, 0.29) is 5.57 Å². The van der Waals surface area contributed by atoms with Crippen molar-refractivity contribution in [1.29, 1.82) is 5.26 Å². The minimum Gasteiger partial charge on any atom is -0.365 e. The molecule has 1 fully saturated rings. The van der Waals surface area contributed by atoms with Gasteiger partial charge < -0.3 is 5.73 Å². The second kappa shape index (κ2) is 3.48. The number of nitrogens with two attached hydrogens (primary N) is 1. The molecule has 1 saturated carbocycles. The lowest BCUT2D eigenvalue weighted by atomic mass is 9.49. The van der Waals surface area contributed by atoms with Crippen LogP contribution in [0.2, 0.25) is 0 Å². The number of primary amides is 1. The number of nitriles is 1. The van der Waals surface area contributed by atoms with Crippen LogP contribution in [0.1, 0.15) is 26.7 Å². The summed E-state index contributed by atoms with van der Waals surface area (Å²) in [6.45, 7) is 4.51. The predicted molar refractivity (Wildman–Crippen MR) is 61.0 cm³/mol. The lowest BCUT2D eigenvalue weighted by molar-refractivity contribution is -0.114. The first-order chi connectivity index (χ1) is 7.46. The van der Waals surface area contributed by atoms with Gasteiger partial charge in [0.25, 0.3) is 5.91 Å². The first-order valence-corrected chi connectivity index (χ1v) is 5.58. The number of amides is 1. The minimum atomic E-state index is -0.636. The van der Waals surface area contributed by atoms with E-state index >= 15 is 0 Å². The fourth-order valence-electron chi connectivity index (χ4n) is 2.89. The van der Waals surface area contributed by atoms with Crippen molar-refractivity contribution in [2.45, 2.75) is 26.7 Å². The molecule has 3 rings (SSSR count). The van der Waals surface area contributed by atoms with Crippen molar-refractivity contribution in [2.24, 2.45) is 23.0 Å². The molecule has 0 spiro atoms. The average Bonchev–Trinajstić information content (AvgIpc) is 2.25. The standard InChI is InChI=1S/C13H16N2O/c1-13(2)10-4-3-8(11(13)6-10)5-9(7-14)12(15)16/h3,5,10-11H,4,6H2,1-2H3,(H2,15,16)/b9-5+/t10-,11-/m1/s1. The van der Waals surface area contributed by atoms with Crippen molar-refractivity contribution in [3.63, 3.8) is 0 Å². The number of fused-ring (bicyclic) bond motifs is 1. The van der Waals surface area contributed by atoms with Gasteiger partial charge in [-0.3, -0.25) is 4.79 Å². The van der Waals surface area contributed by atoms with E-state index in [0.29, 0.717) is 11.3 Å². The Hall–Kier alpha value is -1.56. The molecule has 0 unspecified atom stereocenters. The third-order valence-electron chi connectivity index (χ3n) is 4.21. The Kier molecular flexibility index (Phi) is 2.38. The van der Waals surface area contributed by atoms with Crippen molar-refractivity contribution in [3.05, 3.63) is 23.3 Å². The fourth-order valence-corrected chi connectivity index (χ4v) is 2.89. The third kappa shape index (κ3) is 1.46. The molecular weight excluding hydrogens is 200 g/mol. The van der Waals surface area contributed by atoms with E-state index in [0.717, 1.165) is 17.9 Å². The highest BCUT2D eigenvalue weighted by Gasteiger charge is 2.50. The van der Waals surface area contributed by atoms with Gasteiger partial charge in [-0.1, -0.05) is 19.9 Å². The highest BCUT2D eigenvalue weighted by Crippen LogP contribution is 2.59. The smallest absolute Gasteiger partial charge is 0.259 e. The Morgan fingerprint density at radius 2 is 2.38 bits per heavy atom. The minimum absolute atomic E-state index is 0.0624. The Labute approximate surface area is 95.6 Å². The molecule has 3 heteroatoms. The summed E-state index contributed by atoms with van der Waals surface area (Å²) in [6.07, 6.45) is 6.04. The molecule has 2 atom stereocenters. The van der Waals surface area contributed by atoms with E-state index < -0.39 is 5.91 Å². The molecule has 0 saturated heterocycles. The Morgan fingerprint density at radius 3 is 2.81 bits per heavy atom. The molecule has 0 aliphatic heterocycles. The summed E-state index contributed by atoms with van der Waals surface area (Å²) in [7, 11) is 0. The van der Waals surface area contributed by atoms with Gasteiger partial charge in [-0.05, 0) is 41.7 Å². The van der Waals surface area contributed by atoms with E-state index in [9.17, 15) is 4.79 Å². The van der Waals surface area contributed by atoms with Gasteiger partial charge in [0.2, 0.25) is 0 Å². The van der Waals surface area contributed by atoms with Gasteiger partial charge in [-0.15, -0.1) is 0 Å². The summed E-state index contributed by atoms with van der Waals surface area (Å²) in [5, 5.41) is 8.81. The molecule has 0 aromatic rings. The fraction of sp³-hybridized carbons (Fsp3) is 0.538. The van der Waals surface area contributed by atoms with Crippen LogP contribution in [0, 0.1) is 28.6 Å². The van der Waals surface area contributed by atoms with Crippen molar-refractivity contribution in [1.82, 2.24) is 0 Å². The van der Waals surface area contributed by atoms with Crippen molar-refractivity contribution in [3.8, 4) is 6.07 Å². The molecule has 0 heterocycles. The van der Waals surface area contributed by atoms with E-state index in [1.165, 1.54) is 6.42 Å². The van der Waals surface area contributed by atoms with Crippen LogP contribution in [-0.2, 0) is 4.79 Å². The SMILES string of the molecule is CC1(C)[C@@H]2CC=C(/C=C(\C#N)C(N)=O)[C@H]1C2. The lowest BCUT2D eigenvalue weighted by Crippen LogP contribution is -2.47. The van der Waals surface area contributed by atoms with Crippen molar-refractivity contribution >= 4 is 5.91 Å². The maximum atomic E-state index is 11.0. The maximum absolute atomic E-state index is 11.0. The lowest BCUT2D eigenvalue weighted by Gasteiger charge is -2.56. The van der Waals surface area contributed by atoms with Crippen LogP contribution in [0.25, 0.3) is 0 Å². The van der Waals surface area contributed by atoms with Crippen LogP contribution >= 0.6 is 0 Å². The summed E-state index contributed by atoms with van der Waals surface area (Å²) in [5.41, 5.74) is 6.61. The van der Waals surface area contributed by atoms with Crippen molar-refractivity contribution in [2.75, 3.05) is 0 Å². The Morgan fingerprint density at radius 1 is 1.69 bits per heavy atom. The van der Waals surface area contributed by atoms with Crippen LogP contribution < -0.4 is 5.73 Å². The number of carbonyl (C=O) groups is 1. The van der Waals surface area contributed by atoms with E-state index in [2.05, 4.69) is 19.9 Å². The Bertz CT molecular complexity index is 437. The summed E-state index contributed by atoms with van der Waals surface area (Å²) >= 11 is 0. The van der Waals surface area contributed by atoms with Crippen LogP contribution in [-0.4, -0.2) is 5.91 Å². The van der Waals surface area contributed by atoms with E-state index in [1.54, 1.807) is 6.08 Å². The molecule has 2 bridgehead atoms. The number of hydrogen-bond donors (Lipinski definition) is 1. The monoisotopic (exact) mass is 216 g/mol. The molecule has 0 aromatic carbocycles. The molecular formula is C13H16N2O. The largest absolute Gasteiger partial charge is 0.365 e. The zero-order valence-corrected chi connectivity index (χ0v) is 9.66. The van der Waals surface area contributed by atoms with Crippen LogP contribution in [0.15, 0.2) is 23.3 Å². The molecule has 3 aliphatic carbocycles. The molecule has 1 amide bonds. The summed E-state index contributed by atoms with van der Waals surface area (Å²) in [4.78, 5) is 11.0. The molecule has 3 aliphatic rings. The molecule has 16 heavy (non-hydrogen) atoms. The molecule has 84 valence electrons. The summed E-state index contributed by atoms with van der Waals surface area (Å²) in [6, 6.07) is 1.86. The molecule has 3 nitrogen and oxygen atoms in total. The number of rotatable bonds is 2. The Balaban J connectivity index is 2.28. The first kappa shape index (κ1) is 10.9. The predicted octanol–water partition coefficient (Wildman–Crippen LogP) is 1.91. The van der Waals surface area contributed by atoms with Gasteiger partial charge in [0.1, 0.15) is 11.6 Å². The second-order valence-electron chi connectivity index (χ2n) is 5.28. The summed E-state index contributed by atoms with van der Waals surface area (Å²) in [5.74, 6) is 0.602. The van der Waals surface area contributed by atoms with Gasteiger partial charge in [0.05, 0.1) is 0 Å². The highest BCUT2D eigenvalue weighted by molar-refractivity contribution is 5.96. The molecule has 2 N–H and O–H groups in total. The number of allylic oxidation sites excluding steroid dienone is 3. The highest BCUT2D eigenvalue weighted by atomic mass is 16.1. The maximum Gasteiger partial charge on any atom is 0.259 e. The molecule has 0 aromatic heterocycles. The number of hydrogen-bond acceptors (Lipinski definition) is 2. The van der Waals surface area contributed by atoms with Gasteiger partial charge >= 0.3 is 0 Å². The normalized spacial score (nSPS) is 31.1. The zero-order chi connectivity index (χ0) is 11.9. The molecule has 0 radical (unpaired) electrons. The average molecular weight is 216 g/mol. The summed E-state index contributed by atoms with van der Waals surface area (Å²) < 4.78 is 0. The van der Waals surface area contributed by atoms with Crippen LogP contribution in [0.3, 0.4) is 0 Å². The number of carbonyl (C=O) groups excluding carboxylic acids is 1. The van der Waals surface area contributed by atoms with Gasteiger partial charge in [0, 0.05) is 0 Å². The van der Waals surface area contributed by atoms with Gasteiger partial charge in [0.15, 0.2) is 0 Å². The topological polar surface area (TPSA) is 66.9 Å². The number of nitrogens with zero attached hydrogens (tertiary/aromatic N) is 1. The van der Waals surface area contributed by atoms with E-state index in [1.807, 2.05) is 6.07 Å². The zero-order valence-electron chi connectivity index (χ0n) is 9.66. The third-order valence-corrected chi connectivity index (χ3v) is 4.21. The van der Waals surface area contributed by atoms with E-state index in [4.69, 9.17) is 11.0 Å².